The van der Waals surface area contributed by atoms with E-state index in [0.717, 1.165) is 30.0 Å². The average Bonchev–Trinajstić information content (AvgIpc) is 3.38. The molecular weight excluding hydrogens is 396 g/mol. The van der Waals surface area contributed by atoms with Gasteiger partial charge in [-0.2, -0.15) is 0 Å². The molecule has 8 nitrogen and oxygen atoms in total. The van der Waals surface area contributed by atoms with Crippen LogP contribution in [0.15, 0.2) is 42.5 Å². The number of anilines is 3. The van der Waals surface area contributed by atoms with Crippen LogP contribution in [0.5, 0.6) is 5.75 Å². The molecule has 2 atom stereocenters. The Hall–Kier alpha value is -3.10. The fourth-order valence-electron chi connectivity index (χ4n) is 4.75. The van der Waals surface area contributed by atoms with Crippen LogP contribution in [-0.2, 0) is 19.7 Å². The van der Waals surface area contributed by atoms with Crippen LogP contribution in [0.1, 0.15) is 12.0 Å². The Balaban J connectivity index is 1.31. The number of nitrogens with one attached hydrogen (secondary N) is 3. The topological polar surface area (TPSA) is 91.9 Å². The SMILES string of the molecule is COc1cc(N2CCOCC2)ccc1NC(=O)C1CC2(CN1)C(=O)Nc1ccccc12. The summed E-state index contributed by atoms with van der Waals surface area (Å²) in [6.45, 7) is 3.49. The van der Waals surface area contributed by atoms with E-state index in [2.05, 4.69) is 20.9 Å². The molecule has 5 rings (SSSR count). The van der Waals surface area contributed by atoms with E-state index in [0.29, 0.717) is 37.6 Å². The highest BCUT2D eigenvalue weighted by Gasteiger charge is 2.52. The van der Waals surface area contributed by atoms with Gasteiger partial charge in [0.2, 0.25) is 11.8 Å². The molecule has 3 N–H and O–H groups in total. The number of carbonyl (C=O) groups is 2. The number of amides is 2. The number of carbonyl (C=O) groups excluding carboxylic acids is 2. The van der Waals surface area contributed by atoms with Crippen LogP contribution in [0.4, 0.5) is 17.1 Å². The van der Waals surface area contributed by atoms with Crippen LogP contribution in [-0.4, -0.2) is 57.8 Å². The predicted molar refractivity (Wildman–Crippen MR) is 118 cm³/mol. The van der Waals surface area contributed by atoms with Gasteiger partial charge in [0, 0.05) is 37.1 Å². The number of para-hydroxylation sites is 1. The van der Waals surface area contributed by atoms with Gasteiger partial charge in [-0.05, 0) is 30.2 Å². The first-order chi connectivity index (χ1) is 15.1. The summed E-state index contributed by atoms with van der Waals surface area (Å²) >= 11 is 0. The Bertz CT molecular complexity index is 1020. The van der Waals surface area contributed by atoms with Crippen molar-refractivity contribution in [1.29, 1.82) is 0 Å². The van der Waals surface area contributed by atoms with Gasteiger partial charge in [-0.1, -0.05) is 18.2 Å². The second kappa shape index (κ2) is 7.86. The van der Waals surface area contributed by atoms with Crippen molar-refractivity contribution in [3.05, 3.63) is 48.0 Å². The van der Waals surface area contributed by atoms with Crippen LogP contribution in [0.25, 0.3) is 0 Å². The minimum absolute atomic E-state index is 0.0519. The minimum Gasteiger partial charge on any atom is -0.494 e. The molecule has 2 unspecified atom stereocenters. The fraction of sp³-hybridized carbons (Fsp3) is 0.391. The number of rotatable bonds is 4. The first kappa shape index (κ1) is 19.8. The smallest absolute Gasteiger partial charge is 0.241 e. The molecule has 1 spiro atoms. The van der Waals surface area contributed by atoms with E-state index in [4.69, 9.17) is 9.47 Å². The highest BCUT2D eigenvalue weighted by atomic mass is 16.5. The lowest BCUT2D eigenvalue weighted by Gasteiger charge is -2.29. The fourth-order valence-corrected chi connectivity index (χ4v) is 4.75. The monoisotopic (exact) mass is 422 g/mol. The van der Waals surface area contributed by atoms with Crippen molar-refractivity contribution in [1.82, 2.24) is 5.32 Å². The maximum Gasteiger partial charge on any atom is 0.241 e. The van der Waals surface area contributed by atoms with Gasteiger partial charge in [0.1, 0.15) is 5.75 Å². The number of fused-ring (bicyclic) bond motifs is 2. The quantitative estimate of drug-likeness (QED) is 0.695. The number of ether oxygens (including phenoxy) is 2. The number of morpholine rings is 1. The largest absolute Gasteiger partial charge is 0.494 e. The molecule has 0 aromatic heterocycles. The van der Waals surface area contributed by atoms with Gasteiger partial charge in [0.05, 0.1) is 37.5 Å². The molecule has 2 amide bonds. The molecule has 2 fully saturated rings. The van der Waals surface area contributed by atoms with Crippen LogP contribution in [0, 0.1) is 0 Å². The van der Waals surface area contributed by atoms with Crippen molar-refractivity contribution in [3.63, 3.8) is 0 Å². The van der Waals surface area contributed by atoms with Gasteiger partial charge in [-0.3, -0.25) is 9.59 Å². The second-order valence-corrected chi connectivity index (χ2v) is 8.19. The molecule has 3 aliphatic rings. The van der Waals surface area contributed by atoms with Crippen molar-refractivity contribution in [2.75, 3.05) is 55.5 Å². The lowest BCUT2D eigenvalue weighted by Crippen LogP contribution is -2.36. The average molecular weight is 422 g/mol. The zero-order chi connectivity index (χ0) is 21.4. The Morgan fingerprint density at radius 3 is 2.84 bits per heavy atom. The van der Waals surface area contributed by atoms with E-state index >= 15 is 0 Å². The molecule has 31 heavy (non-hydrogen) atoms. The number of hydrogen-bond donors (Lipinski definition) is 3. The third kappa shape index (κ3) is 3.41. The summed E-state index contributed by atoms with van der Waals surface area (Å²) in [5.41, 5.74) is 2.73. The van der Waals surface area contributed by atoms with Crippen molar-refractivity contribution >= 4 is 28.9 Å². The number of benzene rings is 2. The summed E-state index contributed by atoms with van der Waals surface area (Å²) < 4.78 is 11.0. The molecule has 162 valence electrons. The van der Waals surface area contributed by atoms with E-state index in [1.807, 2.05) is 42.5 Å². The van der Waals surface area contributed by atoms with Crippen LogP contribution in [0.3, 0.4) is 0 Å². The van der Waals surface area contributed by atoms with Gasteiger partial charge < -0.3 is 30.3 Å². The van der Waals surface area contributed by atoms with Gasteiger partial charge in [-0.15, -0.1) is 0 Å². The molecule has 0 radical (unpaired) electrons. The second-order valence-electron chi connectivity index (χ2n) is 8.19. The Kier molecular flexibility index (Phi) is 5.03. The molecule has 8 heteroatoms. The molecule has 0 aliphatic carbocycles. The number of nitrogens with zero attached hydrogens (tertiary/aromatic N) is 1. The van der Waals surface area contributed by atoms with Crippen molar-refractivity contribution in [2.45, 2.75) is 17.9 Å². The molecule has 2 aromatic carbocycles. The molecule has 0 saturated carbocycles. The molecule has 3 aliphatic heterocycles. The van der Waals surface area contributed by atoms with Gasteiger partial charge in [0.25, 0.3) is 0 Å². The Morgan fingerprint density at radius 1 is 1.23 bits per heavy atom. The summed E-state index contributed by atoms with van der Waals surface area (Å²) in [5, 5.41) is 9.17. The maximum atomic E-state index is 13.0. The normalized spacial score (nSPS) is 24.7. The van der Waals surface area contributed by atoms with Gasteiger partial charge in [0.15, 0.2) is 0 Å². The van der Waals surface area contributed by atoms with Crippen LogP contribution in [0.2, 0.25) is 0 Å². The van der Waals surface area contributed by atoms with Crippen molar-refractivity contribution in [2.24, 2.45) is 0 Å². The van der Waals surface area contributed by atoms with E-state index in [9.17, 15) is 9.59 Å². The number of hydrogen-bond acceptors (Lipinski definition) is 6. The van der Waals surface area contributed by atoms with E-state index < -0.39 is 11.5 Å². The summed E-state index contributed by atoms with van der Waals surface area (Å²) in [6, 6.07) is 13.0. The summed E-state index contributed by atoms with van der Waals surface area (Å²) in [4.78, 5) is 28.0. The van der Waals surface area contributed by atoms with Gasteiger partial charge >= 0.3 is 0 Å². The molecule has 3 heterocycles. The van der Waals surface area contributed by atoms with E-state index in [1.165, 1.54) is 0 Å². The summed E-state index contributed by atoms with van der Waals surface area (Å²) in [7, 11) is 1.59. The summed E-state index contributed by atoms with van der Waals surface area (Å²) in [6.07, 6.45) is 0.413. The minimum atomic E-state index is -0.705. The maximum absolute atomic E-state index is 13.0. The zero-order valence-electron chi connectivity index (χ0n) is 17.4. The molecular formula is C23H26N4O4. The van der Waals surface area contributed by atoms with Crippen LogP contribution < -0.4 is 25.6 Å². The first-order valence-electron chi connectivity index (χ1n) is 10.6. The zero-order valence-corrected chi connectivity index (χ0v) is 17.4. The highest BCUT2D eigenvalue weighted by molar-refractivity contribution is 6.08. The number of methoxy groups -OCH3 is 1. The molecule has 2 saturated heterocycles. The van der Waals surface area contributed by atoms with Gasteiger partial charge in [-0.25, -0.2) is 0 Å². The van der Waals surface area contributed by atoms with E-state index in [1.54, 1.807) is 7.11 Å². The molecule has 2 aromatic rings. The van der Waals surface area contributed by atoms with Crippen molar-refractivity contribution < 1.29 is 19.1 Å². The highest BCUT2D eigenvalue weighted by Crippen LogP contribution is 2.43. The predicted octanol–water partition coefficient (Wildman–Crippen LogP) is 1.72. The Labute approximate surface area is 180 Å². The van der Waals surface area contributed by atoms with Crippen molar-refractivity contribution in [3.8, 4) is 5.75 Å². The lowest BCUT2D eigenvalue weighted by atomic mass is 9.79. The van der Waals surface area contributed by atoms with E-state index in [-0.39, 0.29) is 11.8 Å². The third-order valence-corrected chi connectivity index (χ3v) is 6.46. The standard InChI is InChI=1S/C23H26N4O4/c1-30-20-12-15(27-8-10-31-11-9-27)6-7-18(20)25-21(28)19-13-23(14-24-19)16-4-2-3-5-17(16)26-22(23)29/h2-7,12,19,24H,8-11,13-14H2,1H3,(H,25,28)(H,26,29). The third-order valence-electron chi connectivity index (χ3n) is 6.46. The Morgan fingerprint density at radius 2 is 2.03 bits per heavy atom. The lowest BCUT2D eigenvalue weighted by molar-refractivity contribution is -0.120. The summed E-state index contributed by atoms with van der Waals surface area (Å²) in [5.74, 6) is 0.379. The first-order valence-corrected chi connectivity index (χ1v) is 10.6. The molecule has 0 bridgehead atoms. The van der Waals surface area contributed by atoms with Crippen LogP contribution >= 0.6 is 0 Å².